The number of benzene rings is 2. The third-order valence-corrected chi connectivity index (χ3v) is 5.29. The Bertz CT molecular complexity index is 1170. The second kappa shape index (κ2) is 10.5. The lowest BCUT2D eigenvalue weighted by molar-refractivity contribution is -0.125. The number of aromatic nitrogens is 2. The van der Waals surface area contributed by atoms with Gasteiger partial charge in [-0.25, -0.2) is 4.98 Å². The van der Waals surface area contributed by atoms with Crippen LogP contribution in [0.15, 0.2) is 73.4 Å². The van der Waals surface area contributed by atoms with Crippen LogP contribution in [0.25, 0.3) is 0 Å². The molecule has 1 aliphatic heterocycles. The fourth-order valence-corrected chi connectivity index (χ4v) is 3.54. The molecule has 2 amide bonds. The van der Waals surface area contributed by atoms with E-state index in [0.29, 0.717) is 43.6 Å². The van der Waals surface area contributed by atoms with Gasteiger partial charge in [0.1, 0.15) is 22.8 Å². The van der Waals surface area contributed by atoms with Crippen LogP contribution in [-0.2, 0) is 4.79 Å². The van der Waals surface area contributed by atoms with Crippen molar-refractivity contribution in [1.29, 1.82) is 0 Å². The summed E-state index contributed by atoms with van der Waals surface area (Å²) in [6, 6.07) is 16.4. The lowest BCUT2D eigenvalue weighted by atomic mass is 10.3. The van der Waals surface area contributed by atoms with Crippen molar-refractivity contribution in [2.45, 2.75) is 6.42 Å². The number of primary amides is 1. The molecule has 0 saturated carbocycles. The number of nitrogens with two attached hydrogens (primary N) is 1. The van der Waals surface area contributed by atoms with Gasteiger partial charge < -0.3 is 25.0 Å². The van der Waals surface area contributed by atoms with Gasteiger partial charge in [0.05, 0.1) is 0 Å². The van der Waals surface area contributed by atoms with Crippen molar-refractivity contribution in [2.75, 3.05) is 31.1 Å². The average molecular weight is 460 g/mol. The van der Waals surface area contributed by atoms with Crippen molar-refractivity contribution in [3.8, 4) is 23.1 Å². The lowest BCUT2D eigenvalue weighted by Crippen LogP contribution is -2.34. The highest BCUT2D eigenvalue weighted by atomic mass is 16.5. The molecule has 2 N–H and O–H groups in total. The first-order valence-electron chi connectivity index (χ1n) is 10.9. The molecule has 0 atom stereocenters. The van der Waals surface area contributed by atoms with Crippen LogP contribution < -0.4 is 20.1 Å². The number of hydrogen-bond acceptors (Lipinski definition) is 7. The molecule has 1 saturated heterocycles. The van der Waals surface area contributed by atoms with E-state index in [2.05, 4.69) is 16.5 Å². The Labute approximate surface area is 197 Å². The van der Waals surface area contributed by atoms with Gasteiger partial charge in [-0.05, 0) is 48.9 Å². The summed E-state index contributed by atoms with van der Waals surface area (Å²) in [5.41, 5.74) is 5.59. The van der Waals surface area contributed by atoms with Gasteiger partial charge in [-0.1, -0.05) is 24.8 Å². The fourth-order valence-electron chi connectivity index (χ4n) is 3.54. The van der Waals surface area contributed by atoms with Gasteiger partial charge in [0.25, 0.3) is 5.91 Å². The van der Waals surface area contributed by atoms with E-state index in [4.69, 9.17) is 15.2 Å². The molecule has 2 heterocycles. The molecule has 1 aliphatic rings. The van der Waals surface area contributed by atoms with Crippen molar-refractivity contribution in [1.82, 2.24) is 14.9 Å². The maximum atomic E-state index is 11.9. The fraction of sp³-hybridized carbons (Fsp3) is 0.200. The average Bonchev–Trinajstić information content (AvgIpc) is 3.12. The molecule has 4 rings (SSSR count). The Hall–Kier alpha value is -4.40. The zero-order chi connectivity index (χ0) is 23.9. The third kappa shape index (κ3) is 5.50. The topological polar surface area (TPSA) is 111 Å². The Morgan fingerprint density at radius 3 is 2.26 bits per heavy atom. The van der Waals surface area contributed by atoms with Crippen LogP contribution in [-0.4, -0.2) is 52.9 Å². The summed E-state index contributed by atoms with van der Waals surface area (Å²) in [4.78, 5) is 36.3. The van der Waals surface area contributed by atoms with E-state index in [-0.39, 0.29) is 17.4 Å². The number of carbonyl (C=O) groups excluding carboxylic acids is 2. The Morgan fingerprint density at radius 2 is 1.59 bits per heavy atom. The van der Waals surface area contributed by atoms with Crippen LogP contribution >= 0.6 is 0 Å². The second-order valence-electron chi connectivity index (χ2n) is 7.61. The van der Waals surface area contributed by atoms with E-state index in [1.807, 2.05) is 35.2 Å². The predicted octanol–water partition coefficient (Wildman–Crippen LogP) is 3.38. The van der Waals surface area contributed by atoms with Crippen molar-refractivity contribution < 1.29 is 19.1 Å². The number of ether oxygens (including phenoxy) is 2. The van der Waals surface area contributed by atoms with Crippen LogP contribution in [0.3, 0.4) is 0 Å². The van der Waals surface area contributed by atoms with Crippen molar-refractivity contribution >= 4 is 17.8 Å². The first-order valence-corrected chi connectivity index (χ1v) is 10.9. The van der Waals surface area contributed by atoms with E-state index in [1.54, 1.807) is 29.2 Å². The summed E-state index contributed by atoms with van der Waals surface area (Å²) in [7, 11) is 0. The third-order valence-electron chi connectivity index (χ3n) is 5.29. The highest BCUT2D eigenvalue weighted by Gasteiger charge is 2.22. The number of rotatable bonds is 7. The van der Waals surface area contributed by atoms with E-state index < -0.39 is 5.91 Å². The standard InChI is InChI=1S/C25H25N5O4/c1-2-22(31)29-13-6-14-30(16-15-29)25-27-17-21(23(26)32)24(28-25)34-20-11-9-19(10-12-20)33-18-7-4-3-5-8-18/h2-5,7-12,17H,1,6,13-16H2,(H2,26,32). The first kappa shape index (κ1) is 22.8. The molecule has 174 valence electrons. The first-order chi connectivity index (χ1) is 16.5. The number of hydrogen-bond donors (Lipinski definition) is 1. The Kier molecular flexibility index (Phi) is 7.02. The van der Waals surface area contributed by atoms with Gasteiger partial charge in [0.2, 0.25) is 17.7 Å². The number of anilines is 1. The lowest BCUT2D eigenvalue weighted by Gasteiger charge is -2.22. The summed E-state index contributed by atoms with van der Waals surface area (Å²) >= 11 is 0. The van der Waals surface area contributed by atoms with Crippen LogP contribution in [0.4, 0.5) is 5.95 Å². The van der Waals surface area contributed by atoms with E-state index in [0.717, 1.165) is 12.2 Å². The number of amides is 2. The van der Waals surface area contributed by atoms with Crippen LogP contribution in [0.2, 0.25) is 0 Å². The molecule has 0 radical (unpaired) electrons. The smallest absolute Gasteiger partial charge is 0.255 e. The van der Waals surface area contributed by atoms with E-state index in [9.17, 15) is 9.59 Å². The summed E-state index contributed by atoms with van der Waals surface area (Å²) in [6.07, 6.45) is 3.43. The maximum Gasteiger partial charge on any atom is 0.255 e. The van der Waals surface area contributed by atoms with Crippen molar-refractivity contribution in [2.24, 2.45) is 5.73 Å². The molecule has 9 heteroatoms. The zero-order valence-corrected chi connectivity index (χ0v) is 18.6. The van der Waals surface area contributed by atoms with Crippen LogP contribution in [0, 0.1) is 0 Å². The highest BCUT2D eigenvalue weighted by molar-refractivity contribution is 5.95. The van der Waals surface area contributed by atoms with Crippen LogP contribution in [0.5, 0.6) is 23.1 Å². The molecule has 1 aromatic heterocycles. The van der Waals surface area contributed by atoms with Gasteiger partial charge in [-0.2, -0.15) is 4.98 Å². The highest BCUT2D eigenvalue weighted by Crippen LogP contribution is 2.28. The minimum atomic E-state index is -0.691. The maximum absolute atomic E-state index is 11.9. The van der Waals surface area contributed by atoms with Crippen molar-refractivity contribution in [3.63, 3.8) is 0 Å². The quantitative estimate of drug-likeness (QED) is 0.539. The van der Waals surface area contributed by atoms with Crippen LogP contribution in [0.1, 0.15) is 16.8 Å². The molecule has 1 fully saturated rings. The number of nitrogens with zero attached hydrogens (tertiary/aromatic N) is 4. The Balaban J connectivity index is 1.51. The summed E-state index contributed by atoms with van der Waals surface area (Å²) in [5.74, 6) is 1.50. The zero-order valence-electron chi connectivity index (χ0n) is 18.6. The molecule has 34 heavy (non-hydrogen) atoms. The normalized spacial score (nSPS) is 13.6. The summed E-state index contributed by atoms with van der Waals surface area (Å²) in [6.45, 7) is 5.89. The minimum Gasteiger partial charge on any atom is -0.457 e. The predicted molar refractivity (Wildman–Crippen MR) is 127 cm³/mol. The monoisotopic (exact) mass is 459 g/mol. The molecule has 0 spiro atoms. The van der Waals surface area contributed by atoms with Gasteiger partial charge >= 0.3 is 0 Å². The minimum absolute atomic E-state index is 0.0671. The molecule has 9 nitrogen and oxygen atoms in total. The molecule has 2 aromatic carbocycles. The second-order valence-corrected chi connectivity index (χ2v) is 7.61. The Morgan fingerprint density at radius 1 is 0.912 bits per heavy atom. The number of carbonyl (C=O) groups is 2. The molecular weight excluding hydrogens is 434 g/mol. The molecule has 0 unspecified atom stereocenters. The number of para-hydroxylation sites is 1. The molecule has 0 aliphatic carbocycles. The molecule has 3 aromatic rings. The summed E-state index contributed by atoms with van der Waals surface area (Å²) in [5, 5.41) is 0. The van der Waals surface area contributed by atoms with Gasteiger partial charge in [0.15, 0.2) is 0 Å². The van der Waals surface area contributed by atoms with Gasteiger partial charge in [-0.3, -0.25) is 9.59 Å². The van der Waals surface area contributed by atoms with E-state index in [1.165, 1.54) is 12.3 Å². The SMILES string of the molecule is C=CC(=O)N1CCCN(c2ncc(C(N)=O)c(Oc3ccc(Oc4ccccc4)cc3)n2)CC1. The van der Waals surface area contributed by atoms with E-state index >= 15 is 0 Å². The summed E-state index contributed by atoms with van der Waals surface area (Å²) < 4.78 is 11.7. The van der Waals surface area contributed by atoms with Gasteiger partial charge in [0, 0.05) is 32.4 Å². The van der Waals surface area contributed by atoms with Crippen molar-refractivity contribution in [3.05, 3.63) is 79.0 Å². The molecular formula is C25H25N5O4. The molecule has 0 bridgehead atoms. The largest absolute Gasteiger partial charge is 0.457 e. The van der Waals surface area contributed by atoms with Gasteiger partial charge in [-0.15, -0.1) is 0 Å².